The second-order valence-electron chi connectivity index (χ2n) is 4.60. The van der Waals surface area contributed by atoms with Gasteiger partial charge in [-0.2, -0.15) is 0 Å². The normalized spacial score (nSPS) is 10.1. The number of ketones is 1. The molecule has 19 heavy (non-hydrogen) atoms. The number of rotatable bonds is 5. The third kappa shape index (κ3) is 4.91. The van der Waals surface area contributed by atoms with Crippen LogP contribution in [-0.2, 0) is 9.59 Å². The average Bonchev–Trinajstić information content (AvgIpc) is 2.35. The number of carbonyl (C=O) groups is 3. The highest BCUT2D eigenvalue weighted by molar-refractivity contribution is 6.43. The van der Waals surface area contributed by atoms with Gasteiger partial charge in [-0.1, -0.05) is 29.8 Å². The molecule has 5 heteroatoms. The summed E-state index contributed by atoms with van der Waals surface area (Å²) in [5.41, 5.74) is 1.32. The zero-order valence-corrected chi connectivity index (χ0v) is 11.3. The molecule has 2 N–H and O–H groups in total. The Balaban J connectivity index is 2.52. The van der Waals surface area contributed by atoms with Crippen molar-refractivity contribution in [3.63, 3.8) is 0 Å². The van der Waals surface area contributed by atoms with Gasteiger partial charge in [-0.05, 0) is 20.8 Å². The van der Waals surface area contributed by atoms with Gasteiger partial charge in [0, 0.05) is 11.6 Å². The molecular weight excluding hydrogens is 244 g/mol. The third-order valence-electron chi connectivity index (χ3n) is 2.38. The largest absolute Gasteiger partial charge is 0.352 e. The summed E-state index contributed by atoms with van der Waals surface area (Å²) >= 11 is 0. The maximum absolute atomic E-state index is 11.7. The van der Waals surface area contributed by atoms with Gasteiger partial charge in [0.15, 0.2) is 0 Å². The lowest BCUT2D eigenvalue weighted by Crippen LogP contribution is -2.41. The first-order valence-corrected chi connectivity index (χ1v) is 6.08. The minimum Gasteiger partial charge on any atom is -0.352 e. The van der Waals surface area contributed by atoms with Gasteiger partial charge in [0.2, 0.25) is 11.7 Å². The summed E-state index contributed by atoms with van der Waals surface area (Å²) < 4.78 is 0. The van der Waals surface area contributed by atoms with Gasteiger partial charge < -0.3 is 10.6 Å². The van der Waals surface area contributed by atoms with E-state index in [1.807, 2.05) is 20.8 Å². The molecule has 0 saturated heterocycles. The van der Waals surface area contributed by atoms with Crippen molar-refractivity contribution in [2.24, 2.45) is 0 Å². The molecule has 0 aliphatic heterocycles. The van der Waals surface area contributed by atoms with E-state index in [1.165, 1.54) is 0 Å². The zero-order chi connectivity index (χ0) is 14.4. The molecule has 0 heterocycles. The smallest absolute Gasteiger partial charge is 0.292 e. The quantitative estimate of drug-likeness (QED) is 0.609. The molecule has 0 unspecified atom stereocenters. The van der Waals surface area contributed by atoms with Crippen molar-refractivity contribution >= 4 is 17.6 Å². The Morgan fingerprint density at radius 1 is 1.11 bits per heavy atom. The fourth-order valence-electron chi connectivity index (χ4n) is 1.45. The number of hydrogen-bond donors (Lipinski definition) is 2. The Labute approximate surface area is 112 Å². The number of carbonyl (C=O) groups excluding carboxylic acids is 3. The Bertz CT molecular complexity index is 478. The van der Waals surface area contributed by atoms with Crippen LogP contribution in [0.4, 0.5) is 0 Å². The number of nitrogens with one attached hydrogen (secondary N) is 2. The Morgan fingerprint density at radius 3 is 2.21 bits per heavy atom. The molecule has 0 aliphatic carbocycles. The van der Waals surface area contributed by atoms with Crippen molar-refractivity contribution in [3.05, 3.63) is 35.4 Å². The van der Waals surface area contributed by atoms with E-state index in [0.717, 1.165) is 5.56 Å². The molecule has 0 atom stereocenters. The highest BCUT2D eigenvalue weighted by Gasteiger charge is 2.16. The Kier molecular flexibility index (Phi) is 5.23. The van der Waals surface area contributed by atoms with Crippen LogP contribution >= 0.6 is 0 Å². The van der Waals surface area contributed by atoms with Crippen molar-refractivity contribution in [1.29, 1.82) is 0 Å². The number of benzene rings is 1. The van der Waals surface area contributed by atoms with E-state index >= 15 is 0 Å². The van der Waals surface area contributed by atoms with Gasteiger partial charge in [-0.15, -0.1) is 0 Å². The van der Waals surface area contributed by atoms with Crippen LogP contribution in [0.25, 0.3) is 0 Å². The topological polar surface area (TPSA) is 75.3 Å². The Morgan fingerprint density at radius 2 is 1.68 bits per heavy atom. The van der Waals surface area contributed by atoms with E-state index in [9.17, 15) is 14.4 Å². The summed E-state index contributed by atoms with van der Waals surface area (Å²) in [6, 6.07) is 6.69. The highest BCUT2D eigenvalue weighted by Crippen LogP contribution is 2.03. The fraction of sp³-hybridized carbons (Fsp3) is 0.357. The number of hydrogen-bond acceptors (Lipinski definition) is 3. The van der Waals surface area contributed by atoms with Gasteiger partial charge in [0.25, 0.3) is 5.91 Å². The highest BCUT2D eigenvalue weighted by atomic mass is 16.2. The fourth-order valence-corrected chi connectivity index (χ4v) is 1.45. The van der Waals surface area contributed by atoms with Crippen LogP contribution in [0.15, 0.2) is 24.3 Å². The summed E-state index contributed by atoms with van der Waals surface area (Å²) in [5.74, 6) is -1.74. The zero-order valence-electron chi connectivity index (χ0n) is 11.3. The van der Waals surface area contributed by atoms with Crippen molar-refractivity contribution in [1.82, 2.24) is 10.6 Å². The van der Waals surface area contributed by atoms with E-state index in [2.05, 4.69) is 10.6 Å². The summed E-state index contributed by atoms with van der Waals surface area (Å²) in [5, 5.41) is 4.92. The molecule has 0 aromatic heterocycles. The molecule has 0 radical (unpaired) electrons. The van der Waals surface area contributed by atoms with Crippen LogP contribution in [0.2, 0.25) is 0 Å². The molecule has 102 valence electrons. The second-order valence-corrected chi connectivity index (χ2v) is 4.60. The number of amides is 2. The van der Waals surface area contributed by atoms with Gasteiger partial charge >= 0.3 is 0 Å². The summed E-state index contributed by atoms with van der Waals surface area (Å²) in [7, 11) is 0. The van der Waals surface area contributed by atoms with Crippen molar-refractivity contribution in [2.45, 2.75) is 26.8 Å². The predicted molar refractivity (Wildman–Crippen MR) is 71.8 cm³/mol. The molecule has 1 aromatic rings. The lowest BCUT2D eigenvalue weighted by atomic mass is 10.1. The van der Waals surface area contributed by atoms with Crippen LogP contribution in [0.1, 0.15) is 29.8 Å². The van der Waals surface area contributed by atoms with Crippen LogP contribution in [0, 0.1) is 6.92 Å². The van der Waals surface area contributed by atoms with Crippen molar-refractivity contribution in [3.8, 4) is 0 Å². The van der Waals surface area contributed by atoms with Crippen molar-refractivity contribution in [2.75, 3.05) is 6.54 Å². The molecule has 0 spiro atoms. The molecule has 0 fully saturated rings. The molecular formula is C14H18N2O3. The molecule has 1 aromatic carbocycles. The maximum atomic E-state index is 11.7. The minimum atomic E-state index is -0.775. The van der Waals surface area contributed by atoms with Gasteiger partial charge in [0.1, 0.15) is 0 Å². The lowest BCUT2D eigenvalue weighted by Gasteiger charge is -2.08. The predicted octanol–water partition coefficient (Wildman–Crippen LogP) is 0.819. The average molecular weight is 262 g/mol. The molecule has 1 rings (SSSR count). The Hall–Kier alpha value is -2.17. The third-order valence-corrected chi connectivity index (χ3v) is 2.38. The summed E-state index contributed by atoms with van der Waals surface area (Å²) in [6.07, 6.45) is 0. The van der Waals surface area contributed by atoms with E-state index in [-0.39, 0.29) is 18.5 Å². The second kappa shape index (κ2) is 6.68. The minimum absolute atomic E-state index is 0.00259. The summed E-state index contributed by atoms with van der Waals surface area (Å²) in [6.45, 7) is 5.33. The van der Waals surface area contributed by atoms with Gasteiger partial charge in [-0.3, -0.25) is 14.4 Å². The van der Waals surface area contributed by atoms with E-state index < -0.39 is 11.7 Å². The van der Waals surface area contributed by atoms with Crippen LogP contribution in [-0.4, -0.2) is 30.2 Å². The lowest BCUT2D eigenvalue weighted by molar-refractivity contribution is -0.124. The number of aryl methyl sites for hydroxylation is 1. The van der Waals surface area contributed by atoms with Crippen LogP contribution in [0.3, 0.4) is 0 Å². The van der Waals surface area contributed by atoms with Crippen LogP contribution < -0.4 is 10.6 Å². The number of Topliss-reactive ketones (excluding diaryl/α,β-unsaturated/α-hetero) is 1. The van der Waals surface area contributed by atoms with E-state index in [1.54, 1.807) is 24.3 Å². The standard InChI is InChI=1S/C14H18N2O3/c1-9(2)16-12(17)8-15-14(19)13(18)11-6-4-10(3)5-7-11/h4-7,9H,8H2,1-3H3,(H,15,19)(H,16,17). The summed E-state index contributed by atoms with van der Waals surface area (Å²) in [4.78, 5) is 34.6. The maximum Gasteiger partial charge on any atom is 0.292 e. The molecule has 5 nitrogen and oxygen atoms in total. The van der Waals surface area contributed by atoms with E-state index in [0.29, 0.717) is 5.56 Å². The van der Waals surface area contributed by atoms with Gasteiger partial charge in [0.05, 0.1) is 6.54 Å². The molecule has 0 bridgehead atoms. The first-order chi connectivity index (χ1) is 8.90. The molecule has 0 aliphatic rings. The van der Waals surface area contributed by atoms with Crippen molar-refractivity contribution < 1.29 is 14.4 Å². The SMILES string of the molecule is Cc1ccc(C(=O)C(=O)NCC(=O)NC(C)C)cc1. The molecule has 0 saturated carbocycles. The van der Waals surface area contributed by atoms with Crippen LogP contribution in [0.5, 0.6) is 0 Å². The molecule has 2 amide bonds. The van der Waals surface area contributed by atoms with E-state index in [4.69, 9.17) is 0 Å². The first-order valence-electron chi connectivity index (χ1n) is 6.08. The first kappa shape index (κ1) is 14.9. The monoisotopic (exact) mass is 262 g/mol. The van der Waals surface area contributed by atoms with Gasteiger partial charge in [-0.25, -0.2) is 0 Å².